The summed E-state index contributed by atoms with van der Waals surface area (Å²) in [5.74, 6) is 0. The second-order valence-corrected chi connectivity index (χ2v) is 4.61. The van der Waals surface area contributed by atoms with Gasteiger partial charge in [0.15, 0.2) is 0 Å². The topological polar surface area (TPSA) is 25.8 Å². The van der Waals surface area contributed by atoms with Crippen LogP contribution in [0.5, 0.6) is 0 Å². The van der Waals surface area contributed by atoms with E-state index in [0.29, 0.717) is 9.48 Å². The number of pyridine rings is 1. The molecular formula is C9H4BrF3N2S. The first-order valence-electron chi connectivity index (χ1n) is 4.12. The molecule has 0 bridgehead atoms. The normalized spacial score (nSPS) is 11.8. The average molecular weight is 309 g/mol. The Labute approximate surface area is 101 Å². The molecular weight excluding hydrogens is 305 g/mol. The van der Waals surface area contributed by atoms with Crippen LogP contribution in [0, 0.1) is 0 Å². The third kappa shape index (κ3) is 2.25. The highest BCUT2D eigenvalue weighted by atomic mass is 79.9. The van der Waals surface area contributed by atoms with Crippen molar-refractivity contribution in [2.75, 3.05) is 0 Å². The maximum absolute atomic E-state index is 12.4. The van der Waals surface area contributed by atoms with E-state index in [1.807, 2.05) is 0 Å². The van der Waals surface area contributed by atoms with Crippen LogP contribution in [0.4, 0.5) is 13.2 Å². The van der Waals surface area contributed by atoms with Crippen molar-refractivity contribution in [3.05, 3.63) is 33.9 Å². The summed E-state index contributed by atoms with van der Waals surface area (Å²) in [5, 5.41) is 2.14. The summed E-state index contributed by atoms with van der Waals surface area (Å²) in [6.45, 7) is 0. The molecule has 7 heteroatoms. The lowest BCUT2D eigenvalue weighted by molar-refractivity contribution is -0.141. The van der Waals surface area contributed by atoms with Gasteiger partial charge in [-0.15, -0.1) is 11.3 Å². The Morgan fingerprint density at radius 3 is 2.56 bits per heavy atom. The fraction of sp³-hybridized carbons (Fsp3) is 0.111. The molecule has 0 amide bonds. The highest BCUT2D eigenvalue weighted by Crippen LogP contribution is 2.33. The van der Waals surface area contributed by atoms with Crippen LogP contribution in [0.1, 0.15) is 5.69 Å². The van der Waals surface area contributed by atoms with E-state index in [-0.39, 0.29) is 5.69 Å². The van der Waals surface area contributed by atoms with Crippen molar-refractivity contribution in [2.24, 2.45) is 0 Å². The smallest absolute Gasteiger partial charge is 0.243 e. The number of thiazole rings is 1. The third-order valence-electron chi connectivity index (χ3n) is 1.77. The lowest BCUT2D eigenvalue weighted by atomic mass is 10.3. The summed E-state index contributed by atoms with van der Waals surface area (Å²) in [5.41, 5.74) is -0.703. The van der Waals surface area contributed by atoms with Gasteiger partial charge in [0.25, 0.3) is 0 Å². The van der Waals surface area contributed by atoms with Crippen LogP contribution in [-0.4, -0.2) is 9.97 Å². The van der Waals surface area contributed by atoms with Gasteiger partial charge < -0.3 is 0 Å². The molecule has 0 aliphatic rings. The quantitative estimate of drug-likeness (QED) is 0.796. The maximum atomic E-state index is 12.4. The monoisotopic (exact) mass is 308 g/mol. The average Bonchev–Trinajstić information content (AvgIpc) is 2.69. The fourth-order valence-corrected chi connectivity index (χ4v) is 2.27. The molecule has 2 aromatic rings. The standard InChI is InChI=1S/C9H4BrF3N2S/c10-5-1-2-6(9(11,12)13)15-7(5)8-14-3-4-16-8/h1-4H. The van der Waals surface area contributed by atoms with Crippen molar-refractivity contribution in [3.63, 3.8) is 0 Å². The van der Waals surface area contributed by atoms with Gasteiger partial charge in [-0.3, -0.25) is 0 Å². The van der Waals surface area contributed by atoms with E-state index in [2.05, 4.69) is 25.9 Å². The zero-order chi connectivity index (χ0) is 11.8. The molecule has 2 rings (SSSR count). The molecule has 0 radical (unpaired) electrons. The molecule has 2 heterocycles. The van der Waals surface area contributed by atoms with Crippen molar-refractivity contribution in [1.82, 2.24) is 9.97 Å². The molecule has 2 nitrogen and oxygen atoms in total. The summed E-state index contributed by atoms with van der Waals surface area (Å²) in [6.07, 6.45) is -2.92. The predicted molar refractivity (Wildman–Crippen MR) is 58.0 cm³/mol. The highest BCUT2D eigenvalue weighted by molar-refractivity contribution is 9.10. The van der Waals surface area contributed by atoms with Crippen molar-refractivity contribution in [1.29, 1.82) is 0 Å². The highest BCUT2D eigenvalue weighted by Gasteiger charge is 2.33. The van der Waals surface area contributed by atoms with Crippen molar-refractivity contribution >= 4 is 27.3 Å². The van der Waals surface area contributed by atoms with Crippen LogP contribution in [0.3, 0.4) is 0 Å². The molecule has 0 unspecified atom stereocenters. The summed E-state index contributed by atoms with van der Waals surface area (Å²) < 4.78 is 37.8. The first-order chi connectivity index (χ1) is 7.48. The van der Waals surface area contributed by atoms with Gasteiger partial charge in [-0.25, -0.2) is 9.97 Å². The molecule has 0 aliphatic carbocycles. The zero-order valence-corrected chi connectivity index (χ0v) is 10.0. The number of nitrogens with zero attached hydrogens (tertiary/aromatic N) is 2. The summed E-state index contributed by atoms with van der Waals surface area (Å²) in [7, 11) is 0. The molecule has 0 aromatic carbocycles. The number of rotatable bonds is 1. The second kappa shape index (κ2) is 4.14. The molecule has 0 saturated heterocycles. The van der Waals surface area contributed by atoms with Gasteiger partial charge in [0.05, 0.1) is 0 Å². The van der Waals surface area contributed by atoms with E-state index in [0.717, 1.165) is 6.07 Å². The van der Waals surface area contributed by atoms with Crippen LogP contribution in [0.15, 0.2) is 28.2 Å². The van der Waals surface area contributed by atoms with E-state index in [4.69, 9.17) is 0 Å². The molecule has 0 saturated carbocycles. The van der Waals surface area contributed by atoms with E-state index >= 15 is 0 Å². The van der Waals surface area contributed by atoms with E-state index < -0.39 is 11.9 Å². The summed E-state index contributed by atoms with van der Waals surface area (Å²) in [6, 6.07) is 2.26. The Hall–Kier alpha value is -0.950. The molecule has 0 atom stereocenters. The van der Waals surface area contributed by atoms with Gasteiger partial charge in [-0.05, 0) is 28.1 Å². The van der Waals surface area contributed by atoms with E-state index in [1.165, 1.54) is 23.6 Å². The number of aromatic nitrogens is 2. The van der Waals surface area contributed by atoms with Gasteiger partial charge in [0.1, 0.15) is 16.4 Å². The molecule has 0 aliphatic heterocycles. The predicted octanol–water partition coefficient (Wildman–Crippen LogP) is 3.99. The van der Waals surface area contributed by atoms with Crippen LogP contribution in [0.25, 0.3) is 10.7 Å². The van der Waals surface area contributed by atoms with Gasteiger partial charge in [0, 0.05) is 16.0 Å². The van der Waals surface area contributed by atoms with Crippen molar-refractivity contribution in [2.45, 2.75) is 6.18 Å². The number of hydrogen-bond donors (Lipinski definition) is 0. The molecule has 0 N–H and O–H groups in total. The van der Waals surface area contributed by atoms with Crippen LogP contribution < -0.4 is 0 Å². The number of alkyl halides is 3. The Morgan fingerprint density at radius 2 is 2.00 bits per heavy atom. The minimum Gasteiger partial charge on any atom is -0.243 e. The van der Waals surface area contributed by atoms with Gasteiger partial charge >= 0.3 is 6.18 Å². The Morgan fingerprint density at radius 1 is 1.25 bits per heavy atom. The van der Waals surface area contributed by atoms with Crippen LogP contribution in [-0.2, 0) is 6.18 Å². The van der Waals surface area contributed by atoms with E-state index in [1.54, 1.807) is 5.38 Å². The van der Waals surface area contributed by atoms with Gasteiger partial charge in [-0.2, -0.15) is 13.2 Å². The fourth-order valence-electron chi connectivity index (χ4n) is 1.09. The maximum Gasteiger partial charge on any atom is 0.433 e. The molecule has 16 heavy (non-hydrogen) atoms. The Kier molecular flexibility index (Phi) is 2.98. The van der Waals surface area contributed by atoms with E-state index in [9.17, 15) is 13.2 Å². The lowest BCUT2D eigenvalue weighted by Gasteiger charge is -2.07. The SMILES string of the molecule is FC(F)(F)c1ccc(Br)c(-c2nccs2)n1. The molecule has 84 valence electrons. The molecule has 0 spiro atoms. The largest absolute Gasteiger partial charge is 0.433 e. The Balaban J connectivity index is 2.54. The van der Waals surface area contributed by atoms with Gasteiger partial charge in [-0.1, -0.05) is 0 Å². The first-order valence-corrected chi connectivity index (χ1v) is 5.79. The van der Waals surface area contributed by atoms with Crippen molar-refractivity contribution < 1.29 is 13.2 Å². The Bertz CT molecular complexity index is 496. The first kappa shape index (κ1) is 11.5. The summed E-state index contributed by atoms with van der Waals surface area (Å²) in [4.78, 5) is 7.49. The van der Waals surface area contributed by atoms with Crippen LogP contribution >= 0.6 is 27.3 Å². The number of halogens is 4. The zero-order valence-electron chi connectivity index (χ0n) is 7.62. The van der Waals surface area contributed by atoms with Crippen molar-refractivity contribution in [3.8, 4) is 10.7 Å². The van der Waals surface area contributed by atoms with Gasteiger partial charge in [0.2, 0.25) is 0 Å². The lowest BCUT2D eigenvalue weighted by Crippen LogP contribution is -2.08. The third-order valence-corrected chi connectivity index (χ3v) is 3.19. The van der Waals surface area contributed by atoms with Crippen LogP contribution in [0.2, 0.25) is 0 Å². The summed E-state index contributed by atoms with van der Waals surface area (Å²) >= 11 is 4.39. The minimum atomic E-state index is -4.44. The minimum absolute atomic E-state index is 0.213. The number of hydrogen-bond acceptors (Lipinski definition) is 3. The second-order valence-electron chi connectivity index (χ2n) is 2.86. The molecule has 0 fully saturated rings. The molecule has 2 aromatic heterocycles.